The van der Waals surface area contributed by atoms with Gasteiger partial charge in [0.2, 0.25) is 0 Å². The number of amides is 1. The van der Waals surface area contributed by atoms with Gasteiger partial charge in [0.15, 0.2) is 11.8 Å². The van der Waals surface area contributed by atoms with Crippen molar-refractivity contribution >= 4 is 33.5 Å². The van der Waals surface area contributed by atoms with E-state index < -0.39 is 0 Å². The van der Waals surface area contributed by atoms with E-state index in [1.54, 1.807) is 13.4 Å². The molecule has 4 aromatic rings. The Morgan fingerprint density at radius 3 is 2.64 bits per heavy atom. The average molecular weight is 379 g/mol. The van der Waals surface area contributed by atoms with Crippen molar-refractivity contribution in [3.05, 3.63) is 60.6 Å². The Bertz CT molecular complexity index is 1110. The Balaban J connectivity index is 1.57. The Morgan fingerprint density at radius 2 is 1.89 bits per heavy atom. The van der Waals surface area contributed by atoms with Crippen molar-refractivity contribution < 1.29 is 23.7 Å². The normalized spacial score (nSPS) is 13.5. The molecule has 28 heavy (non-hydrogen) atoms. The van der Waals surface area contributed by atoms with Crippen LogP contribution in [-0.2, 0) is 4.79 Å². The summed E-state index contributed by atoms with van der Waals surface area (Å²) in [5.74, 6) is 1.31. The summed E-state index contributed by atoms with van der Waals surface area (Å²) in [6, 6.07) is 15.0. The Kier molecular flexibility index (Phi) is 4.79. The van der Waals surface area contributed by atoms with E-state index in [1.165, 1.54) is 0 Å². The van der Waals surface area contributed by atoms with Gasteiger partial charge in [0.25, 0.3) is 5.91 Å². The lowest BCUT2D eigenvalue weighted by Gasteiger charge is -2.16. The molecule has 2 atom stereocenters. The van der Waals surface area contributed by atoms with Gasteiger partial charge in [-0.05, 0) is 38.1 Å². The summed E-state index contributed by atoms with van der Waals surface area (Å²) in [5, 5.41) is 6.89. The zero-order valence-corrected chi connectivity index (χ0v) is 16.1. The van der Waals surface area contributed by atoms with Crippen molar-refractivity contribution in [2.24, 2.45) is 0 Å². The van der Waals surface area contributed by atoms with Crippen LogP contribution in [0.25, 0.3) is 21.9 Å². The molecule has 144 valence electrons. The summed E-state index contributed by atoms with van der Waals surface area (Å²) in [6.45, 7) is 3.87. The quantitative estimate of drug-likeness (QED) is 0.533. The van der Waals surface area contributed by atoms with Crippen LogP contribution < -0.4 is 15.4 Å². The molecule has 2 heterocycles. The topological polar surface area (TPSA) is 81.2 Å². The van der Waals surface area contributed by atoms with E-state index in [9.17, 15) is 4.79 Å². The zero-order chi connectivity index (χ0) is 19.7. The van der Waals surface area contributed by atoms with Crippen LogP contribution in [0.4, 0.5) is 5.69 Å². The van der Waals surface area contributed by atoms with Crippen LogP contribution in [0.15, 0.2) is 63.6 Å². The Labute approximate surface area is 162 Å². The van der Waals surface area contributed by atoms with Crippen molar-refractivity contribution in [3.8, 4) is 5.75 Å². The molecule has 0 saturated carbocycles. The number of hydrogen-bond acceptors (Lipinski definition) is 4. The van der Waals surface area contributed by atoms with Gasteiger partial charge >= 0.3 is 0 Å². The molecular weight excluding hydrogens is 356 g/mol. The van der Waals surface area contributed by atoms with Crippen molar-refractivity contribution in [2.75, 3.05) is 12.4 Å². The molecule has 0 bridgehead atoms. The lowest BCUT2D eigenvalue weighted by Crippen LogP contribution is -2.91. The molecule has 0 aliphatic heterocycles. The van der Waals surface area contributed by atoms with Gasteiger partial charge in [0.05, 0.1) is 19.1 Å². The van der Waals surface area contributed by atoms with E-state index in [4.69, 9.17) is 13.6 Å². The molecule has 0 unspecified atom stereocenters. The maximum absolute atomic E-state index is 12.7. The van der Waals surface area contributed by atoms with Gasteiger partial charge in [-0.3, -0.25) is 4.79 Å². The smallest absolute Gasteiger partial charge is 0.282 e. The summed E-state index contributed by atoms with van der Waals surface area (Å²) in [5.41, 5.74) is 2.10. The fraction of sp³-hybridized carbons (Fsp3) is 0.227. The lowest BCUT2D eigenvalue weighted by atomic mass is 10.1. The van der Waals surface area contributed by atoms with E-state index in [2.05, 4.69) is 5.32 Å². The number of benzene rings is 2. The number of ether oxygens (including phenoxy) is 1. The summed E-state index contributed by atoms with van der Waals surface area (Å²) in [6.07, 6.45) is 1.64. The van der Waals surface area contributed by atoms with Gasteiger partial charge in [-0.15, -0.1) is 0 Å². The third-order valence-electron chi connectivity index (χ3n) is 4.94. The molecule has 0 aliphatic carbocycles. The Hall–Kier alpha value is -3.25. The molecule has 6 nitrogen and oxygen atoms in total. The number of carbonyl (C=O) groups excluding carboxylic acids is 1. The maximum Gasteiger partial charge on any atom is 0.282 e. The largest absolute Gasteiger partial charge is 0.495 e. The van der Waals surface area contributed by atoms with Crippen molar-refractivity contribution in [1.29, 1.82) is 0 Å². The number of fused-ring (bicyclic) bond motifs is 3. The van der Waals surface area contributed by atoms with Crippen molar-refractivity contribution in [1.82, 2.24) is 0 Å². The monoisotopic (exact) mass is 379 g/mol. The number of anilines is 1. The number of nitrogens with two attached hydrogens (primary N) is 1. The van der Waals surface area contributed by atoms with Gasteiger partial charge in [-0.2, -0.15) is 0 Å². The summed E-state index contributed by atoms with van der Waals surface area (Å²) in [7, 11) is 1.59. The molecule has 0 fully saturated rings. The van der Waals surface area contributed by atoms with Crippen molar-refractivity contribution in [3.63, 3.8) is 0 Å². The Morgan fingerprint density at radius 1 is 1.07 bits per heavy atom. The minimum absolute atomic E-state index is 0.0375. The van der Waals surface area contributed by atoms with Crippen LogP contribution in [0.3, 0.4) is 0 Å². The van der Waals surface area contributed by atoms with E-state index in [-0.39, 0.29) is 18.0 Å². The van der Waals surface area contributed by atoms with Crippen LogP contribution >= 0.6 is 0 Å². The van der Waals surface area contributed by atoms with Gasteiger partial charge in [0.1, 0.15) is 23.0 Å². The number of nitrogens with one attached hydrogen (secondary N) is 1. The fourth-order valence-electron chi connectivity index (χ4n) is 3.43. The summed E-state index contributed by atoms with van der Waals surface area (Å²) < 4.78 is 16.8. The van der Waals surface area contributed by atoms with E-state index in [0.717, 1.165) is 22.1 Å². The van der Waals surface area contributed by atoms with Gasteiger partial charge < -0.3 is 24.2 Å². The summed E-state index contributed by atoms with van der Waals surface area (Å²) >= 11 is 0. The number of quaternary nitrogens is 1. The second-order valence-corrected chi connectivity index (χ2v) is 6.92. The van der Waals surface area contributed by atoms with E-state index >= 15 is 0 Å². The number of rotatable bonds is 6. The molecular formula is C22H23N2O4+. The molecule has 3 N–H and O–H groups in total. The number of methoxy groups -OCH3 is 1. The summed E-state index contributed by atoms with van der Waals surface area (Å²) in [4.78, 5) is 12.7. The van der Waals surface area contributed by atoms with Crippen LogP contribution in [0.2, 0.25) is 0 Å². The van der Waals surface area contributed by atoms with E-state index in [0.29, 0.717) is 17.0 Å². The third-order valence-corrected chi connectivity index (χ3v) is 4.94. The molecule has 4 rings (SSSR count). The highest BCUT2D eigenvalue weighted by Gasteiger charge is 2.23. The molecule has 0 radical (unpaired) electrons. The SMILES string of the molecule is COc1cc2c(cc1NC(=O)[C@@H](C)[NH2+][C@H](C)c1ccco1)oc1ccccc12. The minimum Gasteiger partial charge on any atom is -0.495 e. The van der Waals surface area contributed by atoms with Gasteiger partial charge in [-0.25, -0.2) is 0 Å². The number of furan rings is 2. The predicted molar refractivity (Wildman–Crippen MR) is 107 cm³/mol. The second-order valence-electron chi connectivity index (χ2n) is 6.92. The number of hydrogen-bond donors (Lipinski definition) is 2. The highest BCUT2D eigenvalue weighted by Crippen LogP contribution is 2.36. The van der Waals surface area contributed by atoms with Gasteiger partial charge in [-0.1, -0.05) is 18.2 Å². The van der Waals surface area contributed by atoms with E-state index in [1.807, 2.05) is 67.7 Å². The highest BCUT2D eigenvalue weighted by atomic mass is 16.5. The molecule has 0 spiro atoms. The van der Waals surface area contributed by atoms with Crippen LogP contribution in [0.5, 0.6) is 5.75 Å². The third kappa shape index (κ3) is 3.34. The first-order valence-electron chi connectivity index (χ1n) is 9.25. The molecule has 2 aromatic heterocycles. The minimum atomic E-state index is -0.309. The first kappa shape index (κ1) is 18.1. The predicted octanol–water partition coefficient (Wildman–Crippen LogP) is 3.84. The number of para-hydroxylation sites is 1. The average Bonchev–Trinajstić information content (AvgIpc) is 3.35. The standard InChI is InChI=1S/C22H22N2O4/c1-13(18-9-6-10-27-18)23-14(2)22(25)24-17-12-20-16(11-21(17)26-3)15-7-4-5-8-19(15)28-20/h4-14,23H,1-3H3,(H,24,25)/p+1/t13-,14-/m1/s1. The molecule has 0 saturated heterocycles. The fourth-order valence-corrected chi connectivity index (χ4v) is 3.43. The maximum atomic E-state index is 12.7. The first-order valence-corrected chi connectivity index (χ1v) is 9.25. The second kappa shape index (κ2) is 7.40. The molecule has 1 amide bonds. The first-order chi connectivity index (χ1) is 13.6. The molecule has 0 aliphatic rings. The number of carbonyl (C=O) groups is 1. The highest BCUT2D eigenvalue weighted by molar-refractivity contribution is 6.08. The van der Waals surface area contributed by atoms with Crippen LogP contribution in [0, 0.1) is 0 Å². The molecule has 6 heteroatoms. The van der Waals surface area contributed by atoms with Crippen LogP contribution in [-0.4, -0.2) is 19.1 Å². The molecule has 2 aromatic carbocycles. The lowest BCUT2D eigenvalue weighted by molar-refractivity contribution is -0.711. The zero-order valence-electron chi connectivity index (χ0n) is 16.1. The van der Waals surface area contributed by atoms with Crippen LogP contribution in [0.1, 0.15) is 25.6 Å². The van der Waals surface area contributed by atoms with Crippen molar-refractivity contribution in [2.45, 2.75) is 25.9 Å². The van der Waals surface area contributed by atoms with Gasteiger partial charge in [0, 0.05) is 16.8 Å².